The summed E-state index contributed by atoms with van der Waals surface area (Å²) in [5, 5.41) is 3.28. The summed E-state index contributed by atoms with van der Waals surface area (Å²) in [6, 6.07) is 2.33. The van der Waals surface area contributed by atoms with Crippen LogP contribution in [0.1, 0.15) is 38.2 Å². The van der Waals surface area contributed by atoms with Crippen LogP contribution in [0.15, 0.2) is 12.3 Å². The lowest BCUT2D eigenvalue weighted by molar-refractivity contribution is 0.379. The summed E-state index contributed by atoms with van der Waals surface area (Å²) in [6.45, 7) is 8.61. The normalized spacial score (nSPS) is 15.3. The molecule has 0 saturated carbocycles. The smallest absolute Gasteiger partial charge is 0.133 e. The van der Waals surface area contributed by atoms with E-state index in [1.54, 1.807) is 0 Å². The minimum absolute atomic E-state index is 0.370. The number of aryl methyl sites for hydroxylation is 1. The second-order valence-corrected chi connectivity index (χ2v) is 4.40. The van der Waals surface area contributed by atoms with Gasteiger partial charge in [-0.1, -0.05) is 13.8 Å². The Morgan fingerprint density at radius 2 is 1.93 bits per heavy atom. The molecule has 2 unspecified atom stereocenters. The van der Waals surface area contributed by atoms with Crippen LogP contribution in [0.25, 0.3) is 0 Å². The van der Waals surface area contributed by atoms with Crippen LogP contribution >= 0.6 is 0 Å². The molecule has 1 N–H and O–H groups in total. The van der Waals surface area contributed by atoms with E-state index < -0.39 is 0 Å². The standard InChI is InChI=1S/C12H21N3/c1-8(2)11(10(4)13-5)12-14-7-6-9(3)15-12/h6-8,10-11,13H,1-5H3. The number of rotatable bonds is 4. The molecule has 2 atom stereocenters. The lowest BCUT2D eigenvalue weighted by atomic mass is 9.88. The van der Waals surface area contributed by atoms with Gasteiger partial charge in [-0.25, -0.2) is 9.97 Å². The minimum Gasteiger partial charge on any atom is -0.317 e. The van der Waals surface area contributed by atoms with Gasteiger partial charge in [-0.3, -0.25) is 0 Å². The highest BCUT2D eigenvalue weighted by Crippen LogP contribution is 2.24. The summed E-state index contributed by atoms with van der Waals surface area (Å²) in [5.41, 5.74) is 1.04. The molecule has 1 aromatic rings. The summed E-state index contributed by atoms with van der Waals surface area (Å²) < 4.78 is 0. The average molecular weight is 207 g/mol. The predicted octanol–water partition coefficient (Wildman–Crippen LogP) is 2.13. The van der Waals surface area contributed by atoms with E-state index in [9.17, 15) is 0 Å². The highest BCUT2D eigenvalue weighted by molar-refractivity contribution is 5.07. The van der Waals surface area contributed by atoms with Gasteiger partial charge in [0.15, 0.2) is 0 Å². The van der Waals surface area contributed by atoms with Gasteiger partial charge in [0, 0.05) is 23.9 Å². The molecule has 0 fully saturated rings. The average Bonchev–Trinajstić information content (AvgIpc) is 2.17. The third kappa shape index (κ3) is 2.99. The molecule has 84 valence electrons. The van der Waals surface area contributed by atoms with E-state index >= 15 is 0 Å². The van der Waals surface area contributed by atoms with E-state index in [-0.39, 0.29) is 0 Å². The van der Waals surface area contributed by atoms with Gasteiger partial charge in [0.25, 0.3) is 0 Å². The molecule has 3 nitrogen and oxygen atoms in total. The maximum atomic E-state index is 4.51. The number of likely N-dealkylation sites (N-methyl/N-ethyl adjacent to an activating group) is 1. The Morgan fingerprint density at radius 1 is 1.27 bits per heavy atom. The van der Waals surface area contributed by atoms with Crippen molar-refractivity contribution in [2.45, 2.75) is 39.7 Å². The molecule has 0 spiro atoms. The van der Waals surface area contributed by atoms with Crippen LogP contribution < -0.4 is 5.32 Å². The van der Waals surface area contributed by atoms with Crippen LogP contribution in [0.3, 0.4) is 0 Å². The molecular formula is C12H21N3. The third-order valence-corrected chi connectivity index (χ3v) is 2.82. The molecule has 15 heavy (non-hydrogen) atoms. The lowest BCUT2D eigenvalue weighted by Gasteiger charge is -2.25. The number of nitrogens with one attached hydrogen (secondary N) is 1. The topological polar surface area (TPSA) is 37.8 Å². The summed E-state index contributed by atoms with van der Waals surface area (Å²) in [5.74, 6) is 1.86. The molecule has 3 heteroatoms. The molecule has 1 rings (SSSR count). The number of aromatic nitrogens is 2. The van der Waals surface area contributed by atoms with Crippen LogP contribution in [-0.4, -0.2) is 23.1 Å². The molecule has 0 aliphatic heterocycles. The first kappa shape index (κ1) is 12.1. The van der Waals surface area contributed by atoms with Crippen molar-refractivity contribution < 1.29 is 0 Å². The number of hydrogen-bond donors (Lipinski definition) is 1. The third-order valence-electron chi connectivity index (χ3n) is 2.82. The first-order valence-electron chi connectivity index (χ1n) is 5.53. The van der Waals surface area contributed by atoms with E-state index in [0.29, 0.717) is 17.9 Å². The van der Waals surface area contributed by atoms with E-state index in [1.165, 1.54) is 0 Å². The maximum absolute atomic E-state index is 4.51. The molecular weight excluding hydrogens is 186 g/mol. The Balaban J connectivity index is 2.99. The van der Waals surface area contributed by atoms with E-state index in [0.717, 1.165) is 11.5 Å². The predicted molar refractivity (Wildman–Crippen MR) is 62.9 cm³/mol. The van der Waals surface area contributed by atoms with Crippen LogP contribution in [0.2, 0.25) is 0 Å². The Bertz CT molecular complexity index is 309. The molecule has 0 bridgehead atoms. The van der Waals surface area contributed by atoms with Gasteiger partial charge in [-0.2, -0.15) is 0 Å². The highest BCUT2D eigenvalue weighted by atomic mass is 14.9. The Labute approximate surface area is 92.3 Å². The first-order chi connectivity index (χ1) is 7.06. The SMILES string of the molecule is CNC(C)C(c1nccc(C)n1)C(C)C. The van der Waals surface area contributed by atoms with Gasteiger partial charge in [-0.05, 0) is 32.9 Å². The van der Waals surface area contributed by atoms with Crippen molar-refractivity contribution in [2.24, 2.45) is 5.92 Å². The van der Waals surface area contributed by atoms with Gasteiger partial charge in [0.2, 0.25) is 0 Å². The van der Waals surface area contributed by atoms with Gasteiger partial charge in [0.1, 0.15) is 5.82 Å². The van der Waals surface area contributed by atoms with Crippen molar-refractivity contribution in [2.75, 3.05) is 7.05 Å². The monoisotopic (exact) mass is 207 g/mol. The van der Waals surface area contributed by atoms with Crippen molar-refractivity contribution in [3.63, 3.8) is 0 Å². The number of nitrogens with zero attached hydrogens (tertiary/aromatic N) is 2. The van der Waals surface area contributed by atoms with Gasteiger partial charge in [0.05, 0.1) is 0 Å². The zero-order valence-electron chi connectivity index (χ0n) is 10.3. The molecule has 0 saturated heterocycles. The molecule has 1 heterocycles. The summed E-state index contributed by atoms with van der Waals surface area (Å²) in [6.07, 6.45) is 1.84. The van der Waals surface area contributed by atoms with E-state index in [2.05, 4.69) is 36.1 Å². The van der Waals surface area contributed by atoms with Gasteiger partial charge < -0.3 is 5.32 Å². The molecule has 0 amide bonds. The summed E-state index contributed by atoms with van der Waals surface area (Å²) in [7, 11) is 1.98. The molecule has 1 aromatic heterocycles. The van der Waals surface area contributed by atoms with Crippen LogP contribution in [0.5, 0.6) is 0 Å². The van der Waals surface area contributed by atoms with E-state index in [4.69, 9.17) is 0 Å². The molecule has 0 aliphatic rings. The zero-order chi connectivity index (χ0) is 11.4. The Kier molecular flexibility index (Phi) is 4.21. The quantitative estimate of drug-likeness (QED) is 0.822. The fourth-order valence-corrected chi connectivity index (χ4v) is 1.91. The molecule has 0 radical (unpaired) electrons. The van der Waals surface area contributed by atoms with Crippen molar-refractivity contribution in [3.05, 3.63) is 23.8 Å². The van der Waals surface area contributed by atoms with E-state index in [1.807, 2.05) is 26.2 Å². The largest absolute Gasteiger partial charge is 0.317 e. The van der Waals surface area contributed by atoms with Crippen molar-refractivity contribution in [1.82, 2.24) is 15.3 Å². The highest BCUT2D eigenvalue weighted by Gasteiger charge is 2.24. The van der Waals surface area contributed by atoms with Crippen molar-refractivity contribution in [1.29, 1.82) is 0 Å². The van der Waals surface area contributed by atoms with Crippen molar-refractivity contribution >= 4 is 0 Å². The first-order valence-corrected chi connectivity index (χ1v) is 5.53. The lowest BCUT2D eigenvalue weighted by Crippen LogP contribution is -2.33. The molecule has 0 aliphatic carbocycles. The maximum Gasteiger partial charge on any atom is 0.133 e. The van der Waals surface area contributed by atoms with Crippen LogP contribution in [-0.2, 0) is 0 Å². The summed E-state index contributed by atoms with van der Waals surface area (Å²) >= 11 is 0. The Morgan fingerprint density at radius 3 is 2.40 bits per heavy atom. The van der Waals surface area contributed by atoms with Crippen molar-refractivity contribution in [3.8, 4) is 0 Å². The summed E-state index contributed by atoms with van der Waals surface area (Å²) in [4.78, 5) is 8.89. The second kappa shape index (κ2) is 5.21. The number of hydrogen-bond acceptors (Lipinski definition) is 3. The van der Waals surface area contributed by atoms with Gasteiger partial charge in [-0.15, -0.1) is 0 Å². The fraction of sp³-hybridized carbons (Fsp3) is 0.667. The minimum atomic E-state index is 0.370. The van der Waals surface area contributed by atoms with Crippen LogP contribution in [0, 0.1) is 12.8 Å². The molecule has 0 aromatic carbocycles. The second-order valence-electron chi connectivity index (χ2n) is 4.40. The van der Waals surface area contributed by atoms with Gasteiger partial charge >= 0.3 is 0 Å². The fourth-order valence-electron chi connectivity index (χ4n) is 1.91. The zero-order valence-corrected chi connectivity index (χ0v) is 10.3. The van der Waals surface area contributed by atoms with Crippen LogP contribution in [0.4, 0.5) is 0 Å². The Hall–Kier alpha value is -0.960.